The quantitative estimate of drug-likeness (QED) is 0.385. The van der Waals surface area contributed by atoms with E-state index < -0.39 is 80.9 Å². The third-order valence-electron chi connectivity index (χ3n) is 10.9. The minimum absolute atomic E-state index is 0.0827. The summed E-state index contributed by atoms with van der Waals surface area (Å²) in [6.45, 7) is 13.4. The highest BCUT2D eigenvalue weighted by molar-refractivity contribution is 6.32. The predicted octanol–water partition coefficient (Wildman–Crippen LogP) is 4.28. The van der Waals surface area contributed by atoms with Gasteiger partial charge in [-0.15, -0.1) is 0 Å². The molecule has 1 aromatic carbocycles. The van der Waals surface area contributed by atoms with Gasteiger partial charge in [-0.25, -0.2) is 0 Å². The second-order valence-corrected chi connectivity index (χ2v) is 13.0. The molecule has 3 unspecified atom stereocenters. The number of phenols is 1. The lowest BCUT2D eigenvalue weighted by Gasteiger charge is -2.66. The zero-order valence-electron chi connectivity index (χ0n) is 25.0. The van der Waals surface area contributed by atoms with Crippen LogP contribution in [0.3, 0.4) is 0 Å². The van der Waals surface area contributed by atoms with Crippen molar-refractivity contribution in [3.8, 4) is 5.75 Å². The Kier molecular flexibility index (Phi) is 7.44. The molecule has 2 fully saturated rings. The van der Waals surface area contributed by atoms with Gasteiger partial charge in [0.25, 0.3) is 0 Å². The first-order valence-electron chi connectivity index (χ1n) is 14.4. The van der Waals surface area contributed by atoms with E-state index in [9.17, 15) is 39.0 Å². The van der Waals surface area contributed by atoms with E-state index in [-0.39, 0.29) is 22.7 Å². The van der Waals surface area contributed by atoms with Crippen LogP contribution in [-0.2, 0) is 24.0 Å². The van der Waals surface area contributed by atoms with E-state index in [1.54, 1.807) is 46.8 Å². The van der Waals surface area contributed by atoms with Crippen LogP contribution < -0.4 is 0 Å². The van der Waals surface area contributed by atoms with E-state index in [4.69, 9.17) is 0 Å². The lowest BCUT2D eigenvalue weighted by atomic mass is 9.35. The highest BCUT2D eigenvalue weighted by atomic mass is 16.3. The van der Waals surface area contributed by atoms with Gasteiger partial charge in [0.05, 0.1) is 11.5 Å². The van der Waals surface area contributed by atoms with Gasteiger partial charge in [0.2, 0.25) is 0 Å². The molecule has 41 heavy (non-hydrogen) atoms. The van der Waals surface area contributed by atoms with Crippen molar-refractivity contribution in [3.63, 3.8) is 0 Å². The largest absolute Gasteiger partial charge is 0.507 e. The van der Waals surface area contributed by atoms with Crippen LogP contribution in [0.5, 0.6) is 5.75 Å². The maximum Gasteiger partial charge on any atom is 0.190 e. The molecule has 2 N–H and O–H groups in total. The van der Waals surface area contributed by atoms with Crippen molar-refractivity contribution in [2.45, 2.75) is 79.8 Å². The van der Waals surface area contributed by atoms with Crippen molar-refractivity contribution in [2.24, 2.45) is 40.4 Å². The number of hydrogen-bond acceptors (Lipinski definition) is 8. The van der Waals surface area contributed by atoms with Crippen LogP contribution in [0.2, 0.25) is 0 Å². The normalized spacial score (nSPS) is 36.8. The van der Waals surface area contributed by atoms with Gasteiger partial charge in [-0.05, 0) is 54.2 Å². The SMILES string of the molecule is CCCC(=O)/C=C/c1ccc2c(c1O)C(=O)C1C(=O)[C@@]3(O)C(=O)C(C(C)=O)C(=O)C(C(C)C)[C@@]3(C)[C@H](C)[C@@]1(C)[C@@H]2C. The number of benzene rings is 1. The van der Waals surface area contributed by atoms with Gasteiger partial charge in [0, 0.05) is 23.3 Å². The molecule has 4 rings (SSSR count). The highest BCUT2D eigenvalue weighted by Crippen LogP contribution is 2.69. The molecule has 0 bridgehead atoms. The number of allylic oxidation sites excluding steroid dienone is 1. The average molecular weight is 565 g/mol. The molecule has 0 amide bonds. The number of rotatable bonds is 6. The van der Waals surface area contributed by atoms with Crippen molar-refractivity contribution in [1.29, 1.82) is 0 Å². The van der Waals surface area contributed by atoms with Crippen molar-refractivity contribution < 1.29 is 39.0 Å². The summed E-state index contributed by atoms with van der Waals surface area (Å²) in [4.78, 5) is 81.0. The Labute approximate surface area is 240 Å². The number of carbonyl (C=O) groups excluding carboxylic acids is 6. The van der Waals surface area contributed by atoms with Crippen molar-refractivity contribution >= 4 is 40.8 Å². The fourth-order valence-corrected chi connectivity index (χ4v) is 8.46. The first-order valence-corrected chi connectivity index (χ1v) is 14.4. The number of aromatic hydroxyl groups is 1. The molecule has 0 aliphatic heterocycles. The van der Waals surface area contributed by atoms with Gasteiger partial charge < -0.3 is 10.2 Å². The van der Waals surface area contributed by atoms with Crippen LogP contribution in [0.25, 0.3) is 6.08 Å². The number of aliphatic hydroxyl groups is 1. The summed E-state index contributed by atoms with van der Waals surface area (Å²) < 4.78 is 0. The molecule has 1 aromatic rings. The van der Waals surface area contributed by atoms with E-state index in [1.165, 1.54) is 12.2 Å². The minimum Gasteiger partial charge on any atom is -0.507 e. The third-order valence-corrected chi connectivity index (χ3v) is 10.9. The molecule has 0 heterocycles. The van der Waals surface area contributed by atoms with Gasteiger partial charge in [0.15, 0.2) is 34.5 Å². The lowest BCUT2D eigenvalue weighted by molar-refractivity contribution is -0.222. The van der Waals surface area contributed by atoms with E-state index in [0.717, 1.165) is 6.92 Å². The van der Waals surface area contributed by atoms with Crippen LogP contribution in [-0.4, -0.2) is 50.5 Å². The summed E-state index contributed by atoms with van der Waals surface area (Å²) >= 11 is 0. The molecule has 220 valence electrons. The Balaban J connectivity index is 1.98. The molecule has 3 aliphatic rings. The molecule has 0 aromatic heterocycles. The summed E-state index contributed by atoms with van der Waals surface area (Å²) in [6.07, 6.45) is 3.75. The fourth-order valence-electron chi connectivity index (χ4n) is 8.46. The molecule has 0 spiro atoms. The maximum atomic E-state index is 14.5. The Bertz CT molecular complexity index is 1420. The Morgan fingerprint density at radius 2 is 1.66 bits per heavy atom. The van der Waals surface area contributed by atoms with Crippen LogP contribution in [0.15, 0.2) is 18.2 Å². The van der Waals surface area contributed by atoms with Gasteiger partial charge in [-0.2, -0.15) is 0 Å². The summed E-state index contributed by atoms with van der Waals surface area (Å²) in [6, 6.07) is 3.32. The van der Waals surface area contributed by atoms with Crippen LogP contribution >= 0.6 is 0 Å². The zero-order chi connectivity index (χ0) is 31.0. The topological polar surface area (TPSA) is 143 Å². The monoisotopic (exact) mass is 564 g/mol. The predicted molar refractivity (Wildman–Crippen MR) is 151 cm³/mol. The fraction of sp³-hybridized carbons (Fsp3) is 0.576. The number of fused-ring (bicyclic) bond motifs is 3. The Hall–Kier alpha value is -3.26. The van der Waals surface area contributed by atoms with E-state index in [2.05, 4.69) is 0 Å². The van der Waals surface area contributed by atoms with Gasteiger partial charge in [0.1, 0.15) is 17.5 Å². The van der Waals surface area contributed by atoms with E-state index >= 15 is 0 Å². The summed E-state index contributed by atoms with van der Waals surface area (Å²) in [7, 11) is 0. The number of hydrogen-bond donors (Lipinski definition) is 2. The Morgan fingerprint density at radius 1 is 1.05 bits per heavy atom. The summed E-state index contributed by atoms with van der Waals surface area (Å²) in [5.41, 5.74) is -4.84. The maximum absolute atomic E-state index is 14.5. The number of ketones is 6. The van der Waals surface area contributed by atoms with Crippen LogP contribution in [0.1, 0.15) is 95.6 Å². The van der Waals surface area contributed by atoms with Crippen molar-refractivity contribution in [1.82, 2.24) is 0 Å². The summed E-state index contributed by atoms with van der Waals surface area (Å²) in [5, 5.41) is 23.5. The highest BCUT2D eigenvalue weighted by Gasteiger charge is 2.79. The Morgan fingerprint density at radius 3 is 2.20 bits per heavy atom. The van der Waals surface area contributed by atoms with E-state index in [0.29, 0.717) is 18.4 Å². The van der Waals surface area contributed by atoms with Crippen molar-refractivity contribution in [2.75, 3.05) is 0 Å². The number of phenolic OH excluding ortho intramolecular Hbond substituents is 1. The van der Waals surface area contributed by atoms with Gasteiger partial charge in [-0.3, -0.25) is 28.8 Å². The number of Topliss-reactive ketones (excluding diaryl/α,β-unsaturated/α-hetero) is 5. The third kappa shape index (κ3) is 3.75. The molecular formula is C33H40O8. The standard InChI is InChI=1S/C33H40O8/c1-9-10-20(35)13-11-19-12-14-21-16(4)31(7)18(6)32(8)24(15(2)3)27(37)22(17(5)34)29(39)33(32,41)30(40)25(31)28(38)23(21)26(19)36/h11-16,18,22,24-25,36,41H,9-10H2,1-8H3/b13-11+/t16-,18-,22?,24?,25?,31-,32-,33+/m1/s1. The molecular weight excluding hydrogens is 524 g/mol. The number of carbonyl (C=O) groups is 6. The summed E-state index contributed by atoms with van der Waals surface area (Å²) in [5.74, 6) is -10.8. The van der Waals surface area contributed by atoms with Gasteiger partial charge >= 0.3 is 0 Å². The molecule has 0 saturated heterocycles. The second kappa shape index (κ2) is 9.93. The molecule has 8 nitrogen and oxygen atoms in total. The van der Waals surface area contributed by atoms with Gasteiger partial charge in [-0.1, -0.05) is 60.6 Å². The second-order valence-electron chi connectivity index (χ2n) is 13.0. The first-order chi connectivity index (χ1) is 18.9. The minimum atomic E-state index is -2.76. The van der Waals surface area contributed by atoms with Crippen LogP contribution in [0.4, 0.5) is 0 Å². The average Bonchev–Trinajstić information content (AvgIpc) is 2.88. The molecule has 8 atom stereocenters. The lowest BCUT2D eigenvalue weighted by Crippen LogP contribution is -2.79. The van der Waals surface area contributed by atoms with Crippen LogP contribution in [0, 0.1) is 40.4 Å². The smallest absolute Gasteiger partial charge is 0.190 e. The van der Waals surface area contributed by atoms with E-state index in [1.807, 2.05) is 13.8 Å². The molecule has 3 aliphatic carbocycles. The molecule has 0 radical (unpaired) electrons. The van der Waals surface area contributed by atoms with Crippen molar-refractivity contribution in [3.05, 3.63) is 34.9 Å². The zero-order valence-corrected chi connectivity index (χ0v) is 25.0. The molecule has 8 heteroatoms. The first kappa shape index (κ1) is 30.7. The molecule has 2 saturated carbocycles.